The first-order valence-corrected chi connectivity index (χ1v) is 6.38. The third kappa shape index (κ3) is 2.83. The highest BCUT2D eigenvalue weighted by molar-refractivity contribution is 9.10. The summed E-state index contributed by atoms with van der Waals surface area (Å²) in [5.41, 5.74) is 1.35. The lowest BCUT2D eigenvalue weighted by Gasteiger charge is -2.03. The van der Waals surface area contributed by atoms with Gasteiger partial charge in [-0.2, -0.15) is 0 Å². The molecule has 0 saturated heterocycles. The molecule has 1 nitrogen and oxygen atoms in total. The van der Waals surface area contributed by atoms with Crippen LogP contribution >= 0.6 is 15.9 Å². The molecule has 0 heterocycles. The molecule has 0 atom stereocenters. The van der Waals surface area contributed by atoms with Crippen molar-refractivity contribution in [2.45, 2.75) is 19.3 Å². The molecule has 0 aliphatic rings. The number of aliphatic hydroxyl groups excluding tert-OH is 1. The number of unbranched alkanes of at least 4 members (excludes halogenated alkanes) is 1. The van der Waals surface area contributed by atoms with E-state index in [0.717, 1.165) is 23.7 Å². The number of fused-ring (bicyclic) bond motifs is 1. The van der Waals surface area contributed by atoms with Crippen LogP contribution in [0, 0.1) is 0 Å². The standard InChI is InChI=1S/C14H15BrO/c15-14-7-6-12-9-11(3-1-2-8-16)4-5-13(12)10-14/h4-7,9-10,16H,1-3,8H2. The zero-order valence-corrected chi connectivity index (χ0v) is 10.7. The van der Waals surface area contributed by atoms with Gasteiger partial charge >= 0.3 is 0 Å². The first kappa shape index (κ1) is 11.6. The van der Waals surface area contributed by atoms with Crippen LogP contribution in [0.2, 0.25) is 0 Å². The van der Waals surface area contributed by atoms with Gasteiger partial charge in [0.15, 0.2) is 0 Å². The van der Waals surface area contributed by atoms with Crippen LogP contribution in [-0.4, -0.2) is 11.7 Å². The number of benzene rings is 2. The molecule has 84 valence electrons. The maximum absolute atomic E-state index is 8.74. The monoisotopic (exact) mass is 278 g/mol. The summed E-state index contributed by atoms with van der Waals surface area (Å²) in [6.45, 7) is 0.292. The lowest BCUT2D eigenvalue weighted by molar-refractivity contribution is 0.284. The van der Waals surface area contributed by atoms with Gasteiger partial charge in [-0.25, -0.2) is 0 Å². The van der Waals surface area contributed by atoms with Crippen molar-refractivity contribution in [3.63, 3.8) is 0 Å². The molecule has 0 saturated carbocycles. The lowest BCUT2D eigenvalue weighted by Crippen LogP contribution is -1.88. The minimum atomic E-state index is 0.292. The summed E-state index contributed by atoms with van der Waals surface area (Å²) in [5, 5.41) is 11.3. The smallest absolute Gasteiger partial charge is 0.0431 e. The second-order valence-corrected chi connectivity index (χ2v) is 4.92. The third-order valence-corrected chi connectivity index (χ3v) is 3.23. The Bertz CT molecular complexity index is 479. The van der Waals surface area contributed by atoms with Crippen molar-refractivity contribution >= 4 is 26.7 Å². The van der Waals surface area contributed by atoms with Crippen molar-refractivity contribution in [3.8, 4) is 0 Å². The molecular formula is C14H15BrO. The number of halogens is 1. The van der Waals surface area contributed by atoms with Crippen LogP contribution in [0.4, 0.5) is 0 Å². The predicted octanol–water partition coefficient (Wildman–Crippen LogP) is 3.92. The quantitative estimate of drug-likeness (QED) is 0.841. The summed E-state index contributed by atoms with van der Waals surface area (Å²) in [5.74, 6) is 0. The molecule has 0 aliphatic heterocycles. The van der Waals surface area contributed by atoms with Gasteiger partial charge in [0.05, 0.1) is 0 Å². The Labute approximate surface area is 104 Å². The van der Waals surface area contributed by atoms with Crippen LogP contribution in [-0.2, 0) is 6.42 Å². The van der Waals surface area contributed by atoms with Crippen LogP contribution in [0.25, 0.3) is 10.8 Å². The number of rotatable bonds is 4. The van der Waals surface area contributed by atoms with Crippen molar-refractivity contribution in [1.29, 1.82) is 0 Å². The maximum atomic E-state index is 8.74. The third-order valence-electron chi connectivity index (χ3n) is 2.74. The van der Waals surface area contributed by atoms with Crippen LogP contribution in [0.1, 0.15) is 18.4 Å². The Morgan fingerprint density at radius 1 is 0.938 bits per heavy atom. The van der Waals surface area contributed by atoms with E-state index in [-0.39, 0.29) is 0 Å². The number of hydrogen-bond donors (Lipinski definition) is 1. The highest BCUT2D eigenvalue weighted by Gasteiger charge is 1.97. The maximum Gasteiger partial charge on any atom is 0.0431 e. The molecule has 2 heteroatoms. The van der Waals surface area contributed by atoms with Crippen molar-refractivity contribution < 1.29 is 5.11 Å². The van der Waals surface area contributed by atoms with Gasteiger partial charge in [0.2, 0.25) is 0 Å². The van der Waals surface area contributed by atoms with E-state index in [9.17, 15) is 0 Å². The summed E-state index contributed by atoms with van der Waals surface area (Å²) >= 11 is 3.47. The van der Waals surface area contributed by atoms with Crippen LogP contribution in [0.15, 0.2) is 40.9 Å². The molecule has 2 aromatic rings. The molecule has 0 unspecified atom stereocenters. The van der Waals surface area contributed by atoms with Crippen molar-refractivity contribution in [3.05, 3.63) is 46.4 Å². The molecule has 0 aliphatic carbocycles. The van der Waals surface area contributed by atoms with E-state index in [1.165, 1.54) is 16.3 Å². The average molecular weight is 279 g/mol. The molecule has 0 fully saturated rings. The molecule has 0 spiro atoms. The van der Waals surface area contributed by atoms with Crippen molar-refractivity contribution in [1.82, 2.24) is 0 Å². The minimum Gasteiger partial charge on any atom is -0.396 e. The van der Waals surface area contributed by atoms with Gasteiger partial charge in [-0.05, 0) is 47.7 Å². The van der Waals surface area contributed by atoms with Gasteiger partial charge in [-0.15, -0.1) is 0 Å². The van der Waals surface area contributed by atoms with Gasteiger partial charge in [-0.1, -0.05) is 40.2 Å². The van der Waals surface area contributed by atoms with E-state index in [1.54, 1.807) is 0 Å². The van der Waals surface area contributed by atoms with E-state index in [1.807, 2.05) is 0 Å². The number of hydrogen-bond acceptors (Lipinski definition) is 1. The van der Waals surface area contributed by atoms with E-state index < -0.39 is 0 Å². The highest BCUT2D eigenvalue weighted by Crippen LogP contribution is 2.21. The fourth-order valence-electron chi connectivity index (χ4n) is 1.86. The fourth-order valence-corrected chi connectivity index (χ4v) is 2.24. The SMILES string of the molecule is OCCCCc1ccc2cc(Br)ccc2c1. The topological polar surface area (TPSA) is 20.2 Å². The van der Waals surface area contributed by atoms with E-state index >= 15 is 0 Å². The molecular weight excluding hydrogens is 264 g/mol. The predicted molar refractivity (Wildman–Crippen MR) is 71.7 cm³/mol. The van der Waals surface area contributed by atoms with Gasteiger partial charge < -0.3 is 5.11 Å². The second-order valence-electron chi connectivity index (χ2n) is 4.01. The molecule has 0 amide bonds. The van der Waals surface area contributed by atoms with E-state index in [0.29, 0.717) is 6.61 Å². The average Bonchev–Trinajstić information content (AvgIpc) is 2.29. The Balaban J connectivity index is 2.20. The van der Waals surface area contributed by atoms with Crippen LogP contribution in [0.5, 0.6) is 0 Å². The highest BCUT2D eigenvalue weighted by atomic mass is 79.9. The normalized spacial score (nSPS) is 10.9. The molecule has 2 aromatic carbocycles. The Hall–Kier alpha value is -0.860. The summed E-state index contributed by atoms with van der Waals surface area (Å²) in [6, 6.07) is 12.9. The lowest BCUT2D eigenvalue weighted by atomic mass is 10.0. The van der Waals surface area contributed by atoms with E-state index in [4.69, 9.17) is 5.11 Å². The first-order chi connectivity index (χ1) is 7.79. The van der Waals surface area contributed by atoms with Gasteiger partial charge in [0.25, 0.3) is 0 Å². The van der Waals surface area contributed by atoms with Crippen LogP contribution in [0.3, 0.4) is 0 Å². The molecule has 1 N–H and O–H groups in total. The zero-order chi connectivity index (χ0) is 11.4. The summed E-state index contributed by atoms with van der Waals surface area (Å²) < 4.78 is 1.12. The summed E-state index contributed by atoms with van der Waals surface area (Å²) in [4.78, 5) is 0. The molecule has 2 rings (SSSR count). The number of aliphatic hydroxyl groups is 1. The molecule has 16 heavy (non-hydrogen) atoms. The first-order valence-electron chi connectivity index (χ1n) is 5.58. The Kier molecular flexibility index (Phi) is 3.97. The van der Waals surface area contributed by atoms with E-state index in [2.05, 4.69) is 52.3 Å². The summed E-state index contributed by atoms with van der Waals surface area (Å²) in [7, 11) is 0. The second kappa shape index (κ2) is 5.46. The fraction of sp³-hybridized carbons (Fsp3) is 0.286. The minimum absolute atomic E-state index is 0.292. The van der Waals surface area contributed by atoms with Crippen molar-refractivity contribution in [2.24, 2.45) is 0 Å². The number of aryl methyl sites for hydroxylation is 1. The van der Waals surface area contributed by atoms with Gasteiger partial charge in [-0.3, -0.25) is 0 Å². The molecule has 0 radical (unpaired) electrons. The van der Waals surface area contributed by atoms with Gasteiger partial charge in [0, 0.05) is 11.1 Å². The van der Waals surface area contributed by atoms with Crippen molar-refractivity contribution in [2.75, 3.05) is 6.61 Å². The zero-order valence-electron chi connectivity index (χ0n) is 9.12. The largest absolute Gasteiger partial charge is 0.396 e. The van der Waals surface area contributed by atoms with Crippen LogP contribution < -0.4 is 0 Å². The Morgan fingerprint density at radius 3 is 2.50 bits per heavy atom. The summed E-state index contributed by atoms with van der Waals surface area (Å²) in [6.07, 6.45) is 2.99. The molecule has 0 bridgehead atoms. The molecule has 0 aromatic heterocycles. The van der Waals surface area contributed by atoms with Gasteiger partial charge in [0.1, 0.15) is 0 Å². The Morgan fingerprint density at radius 2 is 1.69 bits per heavy atom.